The van der Waals surface area contributed by atoms with E-state index in [4.69, 9.17) is 14.5 Å². The van der Waals surface area contributed by atoms with Gasteiger partial charge in [0, 0.05) is 28.6 Å². The van der Waals surface area contributed by atoms with E-state index in [1.54, 1.807) is 7.11 Å². The Morgan fingerprint density at radius 1 is 1.12 bits per heavy atom. The van der Waals surface area contributed by atoms with Crippen LogP contribution in [-0.2, 0) is 6.42 Å². The summed E-state index contributed by atoms with van der Waals surface area (Å²) in [6, 6.07) is 14.5. The van der Waals surface area contributed by atoms with Crippen LogP contribution in [0.5, 0.6) is 11.5 Å². The van der Waals surface area contributed by atoms with Crippen LogP contribution in [0.1, 0.15) is 25.1 Å². The molecule has 3 nitrogen and oxygen atoms in total. The quantitative estimate of drug-likeness (QED) is 0.671. The first kappa shape index (κ1) is 15.0. The van der Waals surface area contributed by atoms with E-state index in [2.05, 4.69) is 50.2 Å². The summed E-state index contributed by atoms with van der Waals surface area (Å²) in [7, 11) is 1.70. The Balaban J connectivity index is 2.10. The van der Waals surface area contributed by atoms with E-state index >= 15 is 0 Å². The summed E-state index contributed by atoms with van der Waals surface area (Å²) in [6.07, 6.45) is 0.848. The number of methoxy groups -OCH3 is 1. The molecule has 1 aliphatic rings. The molecule has 0 bridgehead atoms. The minimum atomic E-state index is -0.233. The van der Waals surface area contributed by atoms with Gasteiger partial charge in [-0.1, -0.05) is 30.3 Å². The number of benzene rings is 2. The summed E-state index contributed by atoms with van der Waals surface area (Å²) >= 11 is 0. The number of aryl methyl sites for hydroxylation is 1. The highest BCUT2D eigenvalue weighted by atomic mass is 16.5. The molecule has 0 unspecified atom stereocenters. The maximum absolute atomic E-state index is 6.19. The SMILES string of the molecule is COc1cc2cc(C)nc(-c3ccccc3)c2c2c1OC(C)(C)C2. The third kappa shape index (κ3) is 2.32. The van der Waals surface area contributed by atoms with Crippen molar-refractivity contribution in [2.24, 2.45) is 0 Å². The van der Waals surface area contributed by atoms with Gasteiger partial charge in [-0.3, -0.25) is 4.98 Å². The summed E-state index contributed by atoms with van der Waals surface area (Å²) in [4.78, 5) is 4.86. The Morgan fingerprint density at radius 2 is 1.88 bits per heavy atom. The molecule has 0 saturated carbocycles. The van der Waals surface area contributed by atoms with E-state index in [-0.39, 0.29) is 5.60 Å². The van der Waals surface area contributed by atoms with Crippen molar-refractivity contribution in [2.75, 3.05) is 7.11 Å². The van der Waals surface area contributed by atoms with E-state index in [0.717, 1.165) is 40.3 Å². The standard InChI is InChI=1S/C21H21NO2/c1-13-10-15-11-17(23-4)20-16(12-21(2,3)24-20)18(15)19(22-13)14-8-6-5-7-9-14/h5-11H,12H2,1-4H3. The van der Waals surface area contributed by atoms with Crippen molar-refractivity contribution in [3.63, 3.8) is 0 Å². The van der Waals surface area contributed by atoms with Crippen molar-refractivity contribution >= 4 is 10.8 Å². The van der Waals surface area contributed by atoms with Gasteiger partial charge in [-0.25, -0.2) is 0 Å². The molecule has 122 valence electrons. The highest BCUT2D eigenvalue weighted by Gasteiger charge is 2.35. The number of nitrogens with zero attached hydrogens (tertiary/aromatic N) is 1. The molecule has 0 radical (unpaired) electrons. The maximum atomic E-state index is 6.19. The average molecular weight is 319 g/mol. The van der Waals surface area contributed by atoms with Gasteiger partial charge >= 0.3 is 0 Å². The Morgan fingerprint density at radius 3 is 2.58 bits per heavy atom. The Hall–Kier alpha value is -2.55. The molecular weight excluding hydrogens is 298 g/mol. The summed E-state index contributed by atoms with van der Waals surface area (Å²) in [5, 5.41) is 2.33. The van der Waals surface area contributed by atoms with Crippen LogP contribution in [0, 0.1) is 6.92 Å². The van der Waals surface area contributed by atoms with Gasteiger partial charge in [0.15, 0.2) is 11.5 Å². The van der Waals surface area contributed by atoms with Gasteiger partial charge in [0.1, 0.15) is 5.60 Å². The van der Waals surface area contributed by atoms with Gasteiger partial charge in [0.05, 0.1) is 12.8 Å². The lowest BCUT2D eigenvalue weighted by Gasteiger charge is -2.17. The average Bonchev–Trinajstić information content (AvgIpc) is 2.89. The monoisotopic (exact) mass is 319 g/mol. The Labute approximate surface area is 142 Å². The van der Waals surface area contributed by atoms with Crippen LogP contribution in [0.3, 0.4) is 0 Å². The number of hydrogen-bond donors (Lipinski definition) is 0. The molecule has 1 aliphatic heterocycles. The molecule has 1 aromatic heterocycles. The number of fused-ring (bicyclic) bond motifs is 3. The number of rotatable bonds is 2. The fourth-order valence-electron chi connectivity index (χ4n) is 3.57. The third-order valence-corrected chi connectivity index (χ3v) is 4.51. The van der Waals surface area contributed by atoms with E-state index < -0.39 is 0 Å². The topological polar surface area (TPSA) is 31.4 Å². The summed E-state index contributed by atoms with van der Waals surface area (Å²) in [6.45, 7) is 6.26. The van der Waals surface area contributed by atoms with Crippen LogP contribution >= 0.6 is 0 Å². The van der Waals surface area contributed by atoms with Crippen molar-refractivity contribution in [1.82, 2.24) is 4.98 Å². The smallest absolute Gasteiger partial charge is 0.166 e. The molecule has 2 aromatic carbocycles. The lowest BCUT2D eigenvalue weighted by molar-refractivity contribution is 0.134. The molecule has 2 heterocycles. The van der Waals surface area contributed by atoms with Crippen molar-refractivity contribution in [3.8, 4) is 22.8 Å². The van der Waals surface area contributed by atoms with Crippen molar-refractivity contribution in [3.05, 3.63) is 53.7 Å². The zero-order valence-electron chi connectivity index (χ0n) is 14.5. The van der Waals surface area contributed by atoms with Gasteiger partial charge in [0.25, 0.3) is 0 Å². The zero-order valence-corrected chi connectivity index (χ0v) is 14.5. The second kappa shape index (κ2) is 5.23. The zero-order chi connectivity index (χ0) is 16.9. The first-order valence-electron chi connectivity index (χ1n) is 8.24. The largest absolute Gasteiger partial charge is 0.493 e. The minimum Gasteiger partial charge on any atom is -0.493 e. The molecule has 0 spiro atoms. The summed E-state index contributed by atoms with van der Waals surface area (Å²) in [5.41, 5.74) is 4.11. The molecule has 0 fully saturated rings. The highest BCUT2D eigenvalue weighted by molar-refractivity contribution is 6.00. The second-order valence-electron chi connectivity index (χ2n) is 7.00. The molecule has 3 aromatic rings. The first-order valence-corrected chi connectivity index (χ1v) is 8.24. The molecule has 0 aliphatic carbocycles. The van der Waals surface area contributed by atoms with Crippen LogP contribution in [0.2, 0.25) is 0 Å². The van der Waals surface area contributed by atoms with Crippen molar-refractivity contribution < 1.29 is 9.47 Å². The molecule has 0 amide bonds. The molecule has 4 rings (SSSR count). The molecule has 24 heavy (non-hydrogen) atoms. The second-order valence-corrected chi connectivity index (χ2v) is 7.00. The lowest BCUT2D eigenvalue weighted by Crippen LogP contribution is -2.24. The van der Waals surface area contributed by atoms with Crippen molar-refractivity contribution in [1.29, 1.82) is 0 Å². The predicted octanol–water partition coefficient (Wildman–Crippen LogP) is 4.93. The summed E-state index contributed by atoms with van der Waals surface area (Å²) < 4.78 is 11.8. The van der Waals surface area contributed by atoms with E-state index in [1.807, 2.05) is 13.0 Å². The van der Waals surface area contributed by atoms with Crippen LogP contribution in [-0.4, -0.2) is 17.7 Å². The number of pyridine rings is 1. The fourth-order valence-corrected chi connectivity index (χ4v) is 3.57. The summed E-state index contributed by atoms with van der Waals surface area (Å²) in [5.74, 6) is 1.66. The van der Waals surface area contributed by atoms with Gasteiger partial charge in [-0.15, -0.1) is 0 Å². The van der Waals surface area contributed by atoms with Crippen molar-refractivity contribution in [2.45, 2.75) is 32.8 Å². The minimum absolute atomic E-state index is 0.233. The van der Waals surface area contributed by atoms with Crippen LogP contribution in [0.25, 0.3) is 22.0 Å². The fraction of sp³-hybridized carbons (Fsp3) is 0.286. The van der Waals surface area contributed by atoms with Gasteiger partial charge in [0.2, 0.25) is 0 Å². The molecular formula is C21H21NO2. The normalized spacial score (nSPS) is 15.2. The number of aromatic nitrogens is 1. The van der Waals surface area contributed by atoms with E-state index in [9.17, 15) is 0 Å². The molecule has 0 N–H and O–H groups in total. The molecule has 0 saturated heterocycles. The third-order valence-electron chi connectivity index (χ3n) is 4.51. The number of hydrogen-bond acceptors (Lipinski definition) is 3. The van der Waals surface area contributed by atoms with E-state index in [1.165, 1.54) is 10.9 Å². The number of ether oxygens (including phenoxy) is 2. The van der Waals surface area contributed by atoms with Gasteiger partial charge < -0.3 is 9.47 Å². The lowest BCUT2D eigenvalue weighted by atomic mass is 9.93. The van der Waals surface area contributed by atoms with Crippen LogP contribution in [0.4, 0.5) is 0 Å². The van der Waals surface area contributed by atoms with Gasteiger partial charge in [-0.05, 0) is 38.3 Å². The first-order chi connectivity index (χ1) is 11.5. The Bertz CT molecular complexity index is 930. The predicted molar refractivity (Wildman–Crippen MR) is 96.9 cm³/mol. The Kier molecular flexibility index (Phi) is 3.27. The maximum Gasteiger partial charge on any atom is 0.166 e. The van der Waals surface area contributed by atoms with Crippen LogP contribution in [0.15, 0.2) is 42.5 Å². The molecule has 3 heteroatoms. The highest BCUT2D eigenvalue weighted by Crippen LogP contribution is 2.48. The van der Waals surface area contributed by atoms with Crippen LogP contribution < -0.4 is 9.47 Å². The van der Waals surface area contributed by atoms with Gasteiger partial charge in [-0.2, -0.15) is 0 Å². The van der Waals surface area contributed by atoms with E-state index in [0.29, 0.717) is 0 Å². The molecule has 0 atom stereocenters.